The minimum atomic E-state index is -4.47. The summed E-state index contributed by atoms with van der Waals surface area (Å²) in [7, 11) is -0.320. The average molecular weight is 407 g/mol. The van der Waals surface area contributed by atoms with Crippen LogP contribution in [0, 0.1) is 11.8 Å². The number of nitrogens with zero attached hydrogens (tertiary/aromatic N) is 1. The Morgan fingerprint density at radius 3 is 2.15 bits per heavy atom. The van der Waals surface area contributed by atoms with Crippen LogP contribution in [0.15, 0.2) is 29.2 Å². The second-order valence-electron chi connectivity index (χ2n) is 7.44. The van der Waals surface area contributed by atoms with E-state index in [2.05, 4.69) is 5.32 Å². The van der Waals surface area contributed by atoms with Gasteiger partial charge in [0.05, 0.1) is 10.5 Å². The van der Waals surface area contributed by atoms with Gasteiger partial charge in [0.25, 0.3) is 0 Å². The second-order valence-corrected chi connectivity index (χ2v) is 9.49. The smallest absolute Gasteiger partial charge is 0.320 e. The molecule has 0 spiro atoms. The van der Waals surface area contributed by atoms with Gasteiger partial charge in [-0.3, -0.25) is 0 Å². The Balaban J connectivity index is 1.90. The summed E-state index contributed by atoms with van der Waals surface area (Å²) in [5.74, 6) is 1.02. The first-order chi connectivity index (χ1) is 12.6. The third-order valence-corrected chi connectivity index (χ3v) is 7.25. The second kappa shape index (κ2) is 9.39. The van der Waals surface area contributed by atoms with Gasteiger partial charge in [-0.15, -0.1) is 0 Å². The lowest BCUT2D eigenvalue weighted by Crippen LogP contribution is -2.33. The molecule has 27 heavy (non-hydrogen) atoms. The van der Waals surface area contributed by atoms with Crippen molar-refractivity contribution in [2.24, 2.45) is 11.8 Å². The number of alkyl halides is 3. The van der Waals surface area contributed by atoms with E-state index in [9.17, 15) is 21.6 Å². The van der Waals surface area contributed by atoms with E-state index < -0.39 is 21.8 Å². The van der Waals surface area contributed by atoms with Crippen LogP contribution in [0.3, 0.4) is 0 Å². The lowest BCUT2D eigenvalue weighted by Gasteiger charge is -2.31. The van der Waals surface area contributed by atoms with Crippen molar-refractivity contribution in [1.29, 1.82) is 0 Å². The van der Waals surface area contributed by atoms with Crippen LogP contribution in [-0.4, -0.2) is 39.9 Å². The Hall–Kier alpha value is -1.12. The molecule has 0 atom stereocenters. The Morgan fingerprint density at radius 2 is 1.63 bits per heavy atom. The Morgan fingerprint density at radius 1 is 1.07 bits per heavy atom. The van der Waals surface area contributed by atoms with E-state index in [0.717, 1.165) is 62.9 Å². The van der Waals surface area contributed by atoms with E-state index in [1.165, 1.54) is 17.8 Å². The summed E-state index contributed by atoms with van der Waals surface area (Å²) in [5.41, 5.74) is -0.847. The van der Waals surface area contributed by atoms with Crippen molar-refractivity contribution in [3.8, 4) is 0 Å². The third kappa shape index (κ3) is 6.19. The molecule has 0 bridgehead atoms. The van der Waals surface area contributed by atoms with E-state index in [-0.39, 0.29) is 4.90 Å². The van der Waals surface area contributed by atoms with Gasteiger partial charge in [0, 0.05) is 13.6 Å². The minimum Gasteiger partial charge on any atom is -0.320 e. The quantitative estimate of drug-likeness (QED) is 0.661. The van der Waals surface area contributed by atoms with Gasteiger partial charge in [-0.2, -0.15) is 13.2 Å². The van der Waals surface area contributed by atoms with Crippen LogP contribution >= 0.6 is 0 Å². The van der Waals surface area contributed by atoms with Crippen molar-refractivity contribution in [1.82, 2.24) is 9.62 Å². The summed E-state index contributed by atoms with van der Waals surface area (Å²) in [6.45, 7) is 1.43. The molecule has 8 heteroatoms. The first kappa shape index (κ1) is 22.2. The summed E-state index contributed by atoms with van der Waals surface area (Å²) in [4.78, 5) is -0.0984. The molecule has 1 aromatic carbocycles. The van der Waals surface area contributed by atoms with Gasteiger partial charge in [0.15, 0.2) is 0 Å². The van der Waals surface area contributed by atoms with Crippen molar-refractivity contribution >= 4 is 10.0 Å². The maximum absolute atomic E-state index is 12.6. The summed E-state index contributed by atoms with van der Waals surface area (Å²) in [6.07, 6.45) is 2.11. The van der Waals surface area contributed by atoms with Crippen LogP contribution < -0.4 is 5.32 Å². The van der Waals surface area contributed by atoms with Crippen LogP contribution in [0.2, 0.25) is 0 Å². The number of sulfonamides is 1. The highest BCUT2D eigenvalue weighted by atomic mass is 32.2. The van der Waals surface area contributed by atoms with Crippen molar-refractivity contribution < 1.29 is 21.6 Å². The summed E-state index contributed by atoms with van der Waals surface area (Å²) >= 11 is 0. The lowest BCUT2D eigenvalue weighted by molar-refractivity contribution is -0.137. The molecule has 1 aromatic rings. The molecule has 1 fully saturated rings. The Kier molecular flexibility index (Phi) is 7.71. The molecular formula is C19H29F3N2O2S. The fourth-order valence-corrected chi connectivity index (χ4v) is 4.97. The fraction of sp³-hybridized carbons (Fsp3) is 0.684. The molecule has 1 saturated carbocycles. The number of rotatable bonds is 8. The molecule has 0 aliphatic heterocycles. The molecule has 0 aromatic heterocycles. The zero-order valence-electron chi connectivity index (χ0n) is 15.9. The van der Waals surface area contributed by atoms with E-state index in [0.29, 0.717) is 18.4 Å². The predicted molar refractivity (Wildman–Crippen MR) is 99.9 cm³/mol. The number of hydrogen-bond donors (Lipinski definition) is 1. The largest absolute Gasteiger partial charge is 0.416 e. The van der Waals surface area contributed by atoms with Crippen LogP contribution in [0.1, 0.15) is 44.1 Å². The molecule has 0 radical (unpaired) electrons. The maximum atomic E-state index is 12.6. The van der Waals surface area contributed by atoms with E-state index in [1.54, 1.807) is 0 Å². The molecule has 1 N–H and O–H groups in total. The first-order valence-corrected chi connectivity index (χ1v) is 10.9. The SMILES string of the molecule is CNCCC[C@H]1CC[C@H](CN(C)S(=O)(=O)c2ccc(C(F)(F)F)cc2)CC1. The molecule has 2 rings (SSSR count). The van der Waals surface area contributed by atoms with Gasteiger partial charge < -0.3 is 5.32 Å². The third-order valence-electron chi connectivity index (χ3n) is 5.41. The summed E-state index contributed by atoms with van der Waals surface area (Å²) in [6, 6.07) is 3.70. The number of benzene rings is 1. The van der Waals surface area contributed by atoms with Gasteiger partial charge in [-0.1, -0.05) is 12.8 Å². The summed E-state index contributed by atoms with van der Waals surface area (Å²) in [5, 5.41) is 3.15. The van der Waals surface area contributed by atoms with Gasteiger partial charge in [-0.05, 0) is 75.4 Å². The van der Waals surface area contributed by atoms with Crippen LogP contribution in [-0.2, 0) is 16.2 Å². The fourth-order valence-electron chi connectivity index (χ4n) is 3.73. The maximum Gasteiger partial charge on any atom is 0.416 e. The van der Waals surface area contributed by atoms with Crippen molar-refractivity contribution in [3.05, 3.63) is 29.8 Å². The van der Waals surface area contributed by atoms with E-state index in [4.69, 9.17) is 0 Å². The van der Waals surface area contributed by atoms with Gasteiger partial charge in [0.2, 0.25) is 10.0 Å². The normalized spacial score (nSPS) is 21.6. The number of halogens is 3. The highest BCUT2D eigenvalue weighted by molar-refractivity contribution is 7.89. The average Bonchev–Trinajstić information content (AvgIpc) is 2.62. The molecule has 154 valence electrons. The lowest BCUT2D eigenvalue weighted by atomic mass is 9.80. The number of nitrogens with one attached hydrogen (secondary N) is 1. The molecule has 0 unspecified atom stereocenters. The molecule has 0 saturated heterocycles. The van der Waals surface area contributed by atoms with Gasteiger partial charge >= 0.3 is 6.18 Å². The van der Waals surface area contributed by atoms with Crippen molar-refractivity contribution in [2.45, 2.75) is 49.6 Å². The van der Waals surface area contributed by atoms with Crippen LogP contribution in [0.5, 0.6) is 0 Å². The highest BCUT2D eigenvalue weighted by Gasteiger charge is 2.32. The molecule has 0 heterocycles. The number of hydrogen-bond acceptors (Lipinski definition) is 3. The Labute approximate surface area is 160 Å². The van der Waals surface area contributed by atoms with Gasteiger partial charge in [-0.25, -0.2) is 12.7 Å². The molecule has 1 aliphatic carbocycles. The van der Waals surface area contributed by atoms with E-state index in [1.807, 2.05) is 7.05 Å². The monoisotopic (exact) mass is 406 g/mol. The highest BCUT2D eigenvalue weighted by Crippen LogP contribution is 2.33. The van der Waals surface area contributed by atoms with Crippen molar-refractivity contribution in [3.63, 3.8) is 0 Å². The molecular weight excluding hydrogens is 377 g/mol. The summed E-state index contributed by atoms with van der Waals surface area (Å²) < 4.78 is 64.5. The first-order valence-electron chi connectivity index (χ1n) is 9.42. The van der Waals surface area contributed by atoms with Gasteiger partial charge in [0.1, 0.15) is 0 Å². The van der Waals surface area contributed by atoms with E-state index >= 15 is 0 Å². The molecule has 1 aliphatic rings. The Bertz CT molecular complexity index is 682. The zero-order chi connectivity index (χ0) is 20.1. The molecule has 4 nitrogen and oxygen atoms in total. The molecule has 0 amide bonds. The van der Waals surface area contributed by atoms with Crippen LogP contribution in [0.25, 0.3) is 0 Å². The van der Waals surface area contributed by atoms with Crippen molar-refractivity contribution in [2.75, 3.05) is 27.2 Å². The zero-order valence-corrected chi connectivity index (χ0v) is 16.7. The standard InChI is InChI=1S/C19H29F3N2O2S/c1-23-13-3-4-15-5-7-16(8-6-15)14-24(2)27(25,26)18-11-9-17(10-12-18)19(20,21)22/h9-12,15-16,23H,3-8,13-14H2,1-2H3/t15-,16-. The predicted octanol–water partition coefficient (Wildman–Crippen LogP) is 4.13. The van der Waals surface area contributed by atoms with Crippen LogP contribution in [0.4, 0.5) is 13.2 Å². The minimum absolute atomic E-state index is 0.0984. The topological polar surface area (TPSA) is 49.4 Å².